The summed E-state index contributed by atoms with van der Waals surface area (Å²) >= 11 is 1.72. The van der Waals surface area contributed by atoms with Gasteiger partial charge >= 0.3 is 0 Å². The molecule has 4 nitrogen and oxygen atoms in total. The number of hydrogen-bond donors (Lipinski definition) is 2. The lowest BCUT2D eigenvalue weighted by Crippen LogP contribution is -2.28. The maximum absolute atomic E-state index is 5.12. The second-order valence-corrected chi connectivity index (χ2v) is 4.37. The molecule has 0 fully saturated rings. The molecule has 16 heavy (non-hydrogen) atoms. The van der Waals surface area contributed by atoms with E-state index in [0.29, 0.717) is 0 Å². The van der Waals surface area contributed by atoms with Gasteiger partial charge in [0.25, 0.3) is 0 Å². The maximum Gasteiger partial charge on any atom is 0.129 e. The molecule has 0 aliphatic rings. The highest BCUT2D eigenvalue weighted by Crippen LogP contribution is 2.20. The zero-order valence-corrected chi connectivity index (χ0v) is 10.7. The van der Waals surface area contributed by atoms with Gasteiger partial charge in [-0.05, 0) is 6.07 Å². The Kier molecular flexibility index (Phi) is 7.16. The van der Waals surface area contributed by atoms with E-state index in [0.717, 1.165) is 38.5 Å². The predicted molar refractivity (Wildman–Crippen MR) is 67.3 cm³/mol. The molecule has 1 heterocycles. The largest absolute Gasteiger partial charge is 0.496 e. The van der Waals surface area contributed by atoms with Gasteiger partial charge in [0, 0.05) is 43.5 Å². The van der Waals surface area contributed by atoms with Crippen molar-refractivity contribution in [3.63, 3.8) is 0 Å². The molecular weight excluding hydrogens is 224 g/mol. The summed E-state index contributed by atoms with van der Waals surface area (Å²) in [5.41, 5.74) is 0. The Morgan fingerprint density at radius 2 is 2.00 bits per heavy atom. The molecule has 0 unspecified atom stereocenters. The van der Waals surface area contributed by atoms with Crippen LogP contribution in [0.25, 0.3) is 0 Å². The topological polar surface area (TPSA) is 42.5 Å². The average Bonchev–Trinajstić information content (AvgIpc) is 2.76. The summed E-state index contributed by atoms with van der Waals surface area (Å²) in [5.74, 6) is 0.944. The lowest BCUT2D eigenvalue weighted by molar-refractivity contribution is 0.199. The van der Waals surface area contributed by atoms with Crippen molar-refractivity contribution in [2.75, 3.05) is 40.5 Å². The summed E-state index contributed by atoms with van der Waals surface area (Å²) < 4.78 is 10.1. The Balaban J connectivity index is 1.98. The van der Waals surface area contributed by atoms with Crippen LogP contribution in [0.4, 0.5) is 0 Å². The van der Waals surface area contributed by atoms with Crippen molar-refractivity contribution in [2.24, 2.45) is 0 Å². The van der Waals surface area contributed by atoms with E-state index in [1.807, 2.05) is 5.38 Å². The standard InChI is InChI=1S/C11H20N2O2S/c1-14-6-5-12-3-4-13-8-11-7-10(15-2)9-16-11/h7,9,12-13H,3-6,8H2,1-2H3. The predicted octanol–water partition coefficient (Wildman–Crippen LogP) is 1.08. The lowest BCUT2D eigenvalue weighted by atomic mass is 10.4. The molecule has 1 aromatic heterocycles. The van der Waals surface area contributed by atoms with Crippen molar-refractivity contribution >= 4 is 11.3 Å². The first-order valence-corrected chi connectivity index (χ1v) is 6.26. The Labute approximate surface area is 101 Å². The van der Waals surface area contributed by atoms with Gasteiger partial charge in [0.15, 0.2) is 0 Å². The number of nitrogens with one attached hydrogen (secondary N) is 2. The molecule has 5 heteroatoms. The highest BCUT2D eigenvalue weighted by Gasteiger charge is 1.98. The van der Waals surface area contributed by atoms with Crippen LogP contribution in [0, 0.1) is 0 Å². The van der Waals surface area contributed by atoms with Crippen LogP contribution in [0.3, 0.4) is 0 Å². The molecule has 0 aliphatic carbocycles. The highest BCUT2D eigenvalue weighted by atomic mass is 32.1. The highest BCUT2D eigenvalue weighted by molar-refractivity contribution is 7.10. The molecule has 0 saturated carbocycles. The second kappa shape index (κ2) is 8.52. The van der Waals surface area contributed by atoms with Gasteiger partial charge in [-0.2, -0.15) is 0 Å². The first-order chi connectivity index (χ1) is 7.86. The van der Waals surface area contributed by atoms with Crippen LogP contribution in [0.15, 0.2) is 11.4 Å². The Hall–Kier alpha value is -0.620. The third-order valence-electron chi connectivity index (χ3n) is 2.13. The van der Waals surface area contributed by atoms with Gasteiger partial charge in [0.2, 0.25) is 0 Å². The molecule has 0 aliphatic heterocycles. The van der Waals surface area contributed by atoms with Crippen LogP contribution >= 0.6 is 11.3 Å². The monoisotopic (exact) mass is 244 g/mol. The molecule has 0 amide bonds. The minimum atomic E-state index is 0.766. The van der Waals surface area contributed by atoms with Crippen LogP contribution < -0.4 is 15.4 Å². The van der Waals surface area contributed by atoms with Crippen molar-refractivity contribution in [1.82, 2.24) is 10.6 Å². The van der Waals surface area contributed by atoms with Crippen molar-refractivity contribution in [3.8, 4) is 5.75 Å². The molecule has 0 saturated heterocycles. The molecule has 92 valence electrons. The van der Waals surface area contributed by atoms with Crippen LogP contribution in [0.1, 0.15) is 4.88 Å². The molecule has 1 rings (SSSR count). The summed E-state index contributed by atoms with van der Waals surface area (Å²) in [6.45, 7) is 4.50. The Morgan fingerprint density at radius 3 is 2.69 bits per heavy atom. The first kappa shape index (κ1) is 13.4. The van der Waals surface area contributed by atoms with E-state index in [9.17, 15) is 0 Å². The van der Waals surface area contributed by atoms with E-state index in [1.54, 1.807) is 25.6 Å². The molecular formula is C11H20N2O2S. The minimum Gasteiger partial charge on any atom is -0.496 e. The normalized spacial score (nSPS) is 10.6. The van der Waals surface area contributed by atoms with Gasteiger partial charge < -0.3 is 20.1 Å². The van der Waals surface area contributed by atoms with Gasteiger partial charge in [-0.3, -0.25) is 0 Å². The fraction of sp³-hybridized carbons (Fsp3) is 0.636. The Bertz CT molecular complexity index is 279. The molecule has 0 bridgehead atoms. The smallest absolute Gasteiger partial charge is 0.129 e. The van der Waals surface area contributed by atoms with E-state index in [2.05, 4.69) is 16.7 Å². The molecule has 0 aromatic carbocycles. The Morgan fingerprint density at radius 1 is 1.19 bits per heavy atom. The summed E-state index contributed by atoms with van der Waals surface area (Å²) in [6.07, 6.45) is 0. The van der Waals surface area contributed by atoms with E-state index in [4.69, 9.17) is 9.47 Å². The zero-order valence-electron chi connectivity index (χ0n) is 9.91. The van der Waals surface area contributed by atoms with Crippen LogP contribution in [0.5, 0.6) is 5.75 Å². The number of methoxy groups -OCH3 is 2. The van der Waals surface area contributed by atoms with E-state index >= 15 is 0 Å². The quantitative estimate of drug-likeness (QED) is 0.638. The average molecular weight is 244 g/mol. The number of thiophene rings is 1. The molecule has 1 aromatic rings. The van der Waals surface area contributed by atoms with E-state index < -0.39 is 0 Å². The second-order valence-electron chi connectivity index (χ2n) is 3.37. The lowest BCUT2D eigenvalue weighted by Gasteiger charge is -2.04. The van der Waals surface area contributed by atoms with Gasteiger partial charge in [-0.1, -0.05) is 0 Å². The first-order valence-electron chi connectivity index (χ1n) is 5.38. The zero-order chi connectivity index (χ0) is 11.6. The summed E-state index contributed by atoms with van der Waals surface area (Å²) in [5, 5.41) is 8.67. The summed E-state index contributed by atoms with van der Waals surface area (Å²) in [6, 6.07) is 2.07. The van der Waals surface area contributed by atoms with Crippen molar-refractivity contribution in [1.29, 1.82) is 0 Å². The fourth-order valence-electron chi connectivity index (χ4n) is 1.25. The van der Waals surface area contributed by atoms with Gasteiger partial charge in [-0.15, -0.1) is 11.3 Å². The minimum absolute atomic E-state index is 0.766. The molecule has 0 spiro atoms. The van der Waals surface area contributed by atoms with Gasteiger partial charge in [0.1, 0.15) is 5.75 Å². The molecule has 0 atom stereocenters. The fourth-order valence-corrected chi connectivity index (χ4v) is 2.05. The van der Waals surface area contributed by atoms with E-state index in [1.165, 1.54) is 4.88 Å². The third-order valence-corrected chi connectivity index (χ3v) is 3.04. The number of hydrogen-bond acceptors (Lipinski definition) is 5. The van der Waals surface area contributed by atoms with Crippen LogP contribution in [-0.2, 0) is 11.3 Å². The summed E-state index contributed by atoms with van der Waals surface area (Å²) in [4.78, 5) is 1.30. The van der Waals surface area contributed by atoms with Crippen LogP contribution in [0.2, 0.25) is 0 Å². The van der Waals surface area contributed by atoms with Gasteiger partial charge in [0.05, 0.1) is 13.7 Å². The maximum atomic E-state index is 5.12. The number of ether oxygens (including phenoxy) is 2. The van der Waals surface area contributed by atoms with Gasteiger partial charge in [-0.25, -0.2) is 0 Å². The number of rotatable bonds is 9. The third kappa shape index (κ3) is 5.46. The summed E-state index contributed by atoms with van der Waals surface area (Å²) in [7, 11) is 3.41. The van der Waals surface area contributed by atoms with Crippen molar-refractivity contribution in [3.05, 3.63) is 16.3 Å². The van der Waals surface area contributed by atoms with Crippen molar-refractivity contribution < 1.29 is 9.47 Å². The molecule has 0 radical (unpaired) electrons. The molecule has 2 N–H and O–H groups in total. The van der Waals surface area contributed by atoms with E-state index in [-0.39, 0.29) is 0 Å². The van der Waals surface area contributed by atoms with Crippen LogP contribution in [-0.4, -0.2) is 40.5 Å². The van der Waals surface area contributed by atoms with Crippen molar-refractivity contribution in [2.45, 2.75) is 6.54 Å². The SMILES string of the molecule is COCCNCCNCc1cc(OC)cs1.